The molecule has 0 saturated heterocycles. The Hall–Kier alpha value is -2.85. The Kier molecular flexibility index (Phi) is 7.11. The fraction of sp³-hybridized carbons (Fsp3) is 0.318. The van der Waals surface area contributed by atoms with E-state index in [9.17, 15) is 14.0 Å². The summed E-state index contributed by atoms with van der Waals surface area (Å²) in [7, 11) is 1.32. The van der Waals surface area contributed by atoms with Crippen molar-refractivity contribution in [1.82, 2.24) is 4.57 Å². The highest BCUT2D eigenvalue weighted by molar-refractivity contribution is 7.99. The van der Waals surface area contributed by atoms with E-state index in [1.54, 1.807) is 34.5 Å². The average Bonchev–Trinajstić information content (AvgIpc) is 3.11. The summed E-state index contributed by atoms with van der Waals surface area (Å²) in [6.45, 7) is 0.853. The number of amides is 1. The summed E-state index contributed by atoms with van der Waals surface area (Å²) >= 11 is 2.86. The normalized spacial score (nSPS) is 13.4. The number of carbonyl (C=O) groups is 2. The van der Waals surface area contributed by atoms with Crippen molar-refractivity contribution in [2.24, 2.45) is 4.99 Å². The van der Waals surface area contributed by atoms with Crippen molar-refractivity contribution >= 4 is 45.2 Å². The summed E-state index contributed by atoms with van der Waals surface area (Å²) in [5.41, 5.74) is 0.725. The van der Waals surface area contributed by atoms with Gasteiger partial charge in [-0.25, -0.2) is 4.39 Å². The molecule has 10 heteroatoms. The zero-order chi connectivity index (χ0) is 22.5. The number of benzene rings is 2. The van der Waals surface area contributed by atoms with Gasteiger partial charge in [-0.05, 0) is 36.4 Å². The number of aromatic nitrogens is 1. The van der Waals surface area contributed by atoms with Crippen LogP contribution in [0.2, 0.25) is 0 Å². The SMILES string of the molecule is COC(=O)Cn1c(=NC(=O)CCCSc2ccc(F)cc2)sc2cc3c(cc21)OCCO3. The number of thiazole rings is 1. The molecule has 0 aliphatic carbocycles. The molecule has 4 rings (SSSR count). The van der Waals surface area contributed by atoms with Gasteiger partial charge in [-0.15, -0.1) is 11.8 Å². The lowest BCUT2D eigenvalue weighted by Crippen LogP contribution is -2.22. The molecule has 1 aliphatic rings. The van der Waals surface area contributed by atoms with Crippen molar-refractivity contribution in [3.05, 3.63) is 47.0 Å². The lowest BCUT2D eigenvalue weighted by molar-refractivity contribution is -0.141. The molecule has 0 fully saturated rings. The maximum Gasteiger partial charge on any atom is 0.325 e. The molecule has 1 aromatic heterocycles. The number of methoxy groups -OCH3 is 1. The Morgan fingerprint density at radius 3 is 2.62 bits per heavy atom. The third kappa shape index (κ3) is 5.31. The topological polar surface area (TPSA) is 79.1 Å². The second kappa shape index (κ2) is 10.2. The summed E-state index contributed by atoms with van der Waals surface area (Å²) < 4.78 is 31.6. The second-order valence-electron chi connectivity index (χ2n) is 6.92. The average molecular weight is 477 g/mol. The molecule has 0 unspecified atom stereocenters. The summed E-state index contributed by atoms with van der Waals surface area (Å²) in [6.07, 6.45) is 0.894. The molecule has 32 heavy (non-hydrogen) atoms. The highest BCUT2D eigenvalue weighted by Crippen LogP contribution is 2.35. The highest BCUT2D eigenvalue weighted by Gasteiger charge is 2.18. The minimum absolute atomic E-state index is 0.0668. The smallest absolute Gasteiger partial charge is 0.325 e. The lowest BCUT2D eigenvalue weighted by Gasteiger charge is -2.18. The number of rotatable bonds is 7. The van der Waals surface area contributed by atoms with E-state index in [0.29, 0.717) is 41.7 Å². The number of ether oxygens (including phenoxy) is 3. The van der Waals surface area contributed by atoms with Gasteiger partial charge < -0.3 is 18.8 Å². The first-order valence-electron chi connectivity index (χ1n) is 9.99. The predicted molar refractivity (Wildman–Crippen MR) is 120 cm³/mol. The summed E-state index contributed by atoms with van der Waals surface area (Å²) in [5, 5.41) is 0. The van der Waals surface area contributed by atoms with E-state index >= 15 is 0 Å². The number of hydrogen-bond acceptors (Lipinski definition) is 7. The lowest BCUT2D eigenvalue weighted by atomic mass is 10.2. The molecule has 0 atom stereocenters. The maximum atomic E-state index is 13.0. The monoisotopic (exact) mass is 476 g/mol. The number of esters is 1. The zero-order valence-electron chi connectivity index (χ0n) is 17.3. The van der Waals surface area contributed by atoms with Gasteiger partial charge in [0, 0.05) is 23.4 Å². The largest absolute Gasteiger partial charge is 0.486 e. The fourth-order valence-electron chi connectivity index (χ4n) is 3.15. The molecular formula is C22H21FN2O5S2. The Morgan fingerprint density at radius 1 is 1.19 bits per heavy atom. The van der Waals surface area contributed by atoms with Crippen LogP contribution in [0.4, 0.5) is 4.39 Å². The number of carbonyl (C=O) groups excluding carboxylic acids is 2. The van der Waals surface area contributed by atoms with Crippen LogP contribution in [-0.2, 0) is 20.9 Å². The molecule has 7 nitrogen and oxygen atoms in total. The summed E-state index contributed by atoms with van der Waals surface area (Å²) in [4.78, 5) is 30.1. The van der Waals surface area contributed by atoms with E-state index in [2.05, 4.69) is 4.99 Å². The molecule has 0 saturated carbocycles. The van der Waals surface area contributed by atoms with Crippen LogP contribution in [0.3, 0.4) is 0 Å². The van der Waals surface area contributed by atoms with Gasteiger partial charge >= 0.3 is 5.97 Å². The Balaban J connectivity index is 1.51. The number of thioether (sulfide) groups is 1. The first-order valence-corrected chi connectivity index (χ1v) is 11.8. The minimum Gasteiger partial charge on any atom is -0.486 e. The quantitative estimate of drug-likeness (QED) is 0.293. The fourth-order valence-corrected chi connectivity index (χ4v) is 5.05. The first-order chi connectivity index (χ1) is 15.5. The number of hydrogen-bond donors (Lipinski definition) is 0. The van der Waals surface area contributed by atoms with Gasteiger partial charge in [-0.3, -0.25) is 9.59 Å². The molecule has 2 heterocycles. The Morgan fingerprint density at radius 2 is 1.91 bits per heavy atom. The Labute approximate surface area is 191 Å². The van der Waals surface area contributed by atoms with Gasteiger partial charge in [-0.2, -0.15) is 4.99 Å². The minimum atomic E-state index is -0.441. The van der Waals surface area contributed by atoms with Gasteiger partial charge in [0.2, 0.25) is 5.91 Å². The van der Waals surface area contributed by atoms with Crippen LogP contribution >= 0.6 is 23.1 Å². The van der Waals surface area contributed by atoms with Gasteiger partial charge in [0.1, 0.15) is 25.6 Å². The van der Waals surface area contributed by atoms with Gasteiger partial charge in [0.25, 0.3) is 0 Å². The molecular weight excluding hydrogens is 455 g/mol. The number of fused-ring (bicyclic) bond motifs is 2. The zero-order valence-corrected chi connectivity index (χ0v) is 19.0. The van der Waals surface area contributed by atoms with Crippen LogP contribution in [0.1, 0.15) is 12.8 Å². The standard InChI is InChI=1S/C22H21FN2O5S2/c1-28-21(27)13-25-16-11-17-18(30-9-8-29-17)12-19(16)32-22(25)24-20(26)3-2-10-31-15-6-4-14(23)5-7-15/h4-7,11-12H,2-3,8-10,13H2,1H3. The van der Waals surface area contributed by atoms with Gasteiger partial charge in [0.05, 0.1) is 17.3 Å². The summed E-state index contributed by atoms with van der Waals surface area (Å²) in [5.74, 6) is 0.951. The van der Waals surface area contributed by atoms with Crippen LogP contribution < -0.4 is 14.3 Å². The number of nitrogens with zero attached hydrogens (tertiary/aromatic N) is 2. The third-order valence-electron chi connectivity index (χ3n) is 4.70. The maximum absolute atomic E-state index is 13.0. The molecule has 2 aromatic carbocycles. The third-order valence-corrected chi connectivity index (χ3v) is 6.84. The molecule has 0 bridgehead atoms. The van der Waals surface area contributed by atoms with Crippen molar-refractivity contribution in [3.63, 3.8) is 0 Å². The van der Waals surface area contributed by atoms with Crippen molar-refractivity contribution in [2.45, 2.75) is 24.3 Å². The van der Waals surface area contributed by atoms with E-state index < -0.39 is 5.97 Å². The van der Waals surface area contributed by atoms with Gasteiger partial charge in [0.15, 0.2) is 16.3 Å². The Bertz CT molecular complexity index is 1200. The molecule has 1 amide bonds. The molecule has 1 aliphatic heterocycles. The number of halogens is 1. The van der Waals surface area contributed by atoms with Gasteiger partial charge in [-0.1, -0.05) is 11.3 Å². The molecule has 0 N–H and O–H groups in total. The van der Waals surface area contributed by atoms with Crippen molar-refractivity contribution in [3.8, 4) is 11.5 Å². The second-order valence-corrected chi connectivity index (χ2v) is 9.10. The molecule has 3 aromatic rings. The van der Waals surface area contributed by atoms with Crippen LogP contribution in [-0.4, -0.2) is 42.5 Å². The first kappa shape index (κ1) is 22.3. The van der Waals surface area contributed by atoms with Crippen LogP contribution in [0.5, 0.6) is 11.5 Å². The van der Waals surface area contributed by atoms with Crippen LogP contribution in [0.15, 0.2) is 46.3 Å². The van der Waals surface area contributed by atoms with Crippen LogP contribution in [0.25, 0.3) is 10.2 Å². The van der Waals surface area contributed by atoms with Crippen molar-refractivity contribution in [1.29, 1.82) is 0 Å². The highest BCUT2D eigenvalue weighted by atomic mass is 32.2. The van der Waals surface area contributed by atoms with E-state index in [0.717, 1.165) is 15.1 Å². The van der Waals surface area contributed by atoms with Crippen LogP contribution in [0, 0.1) is 5.82 Å². The predicted octanol–water partition coefficient (Wildman–Crippen LogP) is 3.79. The summed E-state index contributed by atoms with van der Waals surface area (Å²) in [6, 6.07) is 9.89. The molecule has 0 radical (unpaired) electrons. The van der Waals surface area contributed by atoms with Crippen molar-refractivity contribution < 1.29 is 28.2 Å². The molecule has 168 valence electrons. The van der Waals surface area contributed by atoms with E-state index in [1.807, 2.05) is 6.07 Å². The van der Waals surface area contributed by atoms with Crippen molar-refractivity contribution in [2.75, 3.05) is 26.1 Å². The van der Waals surface area contributed by atoms with E-state index in [1.165, 1.54) is 30.6 Å². The molecule has 0 spiro atoms. The van der Waals surface area contributed by atoms with E-state index in [-0.39, 0.29) is 24.7 Å². The van der Waals surface area contributed by atoms with E-state index in [4.69, 9.17) is 14.2 Å².